The molecule has 1 N–H and O–H groups in total. The minimum Gasteiger partial charge on any atom is -0.676 e. The van der Waals surface area contributed by atoms with Gasteiger partial charge in [-0.05, 0) is 22.3 Å². The van der Waals surface area contributed by atoms with Crippen molar-refractivity contribution < 1.29 is 25.7 Å². The zero-order valence-corrected chi connectivity index (χ0v) is 19.1. The van der Waals surface area contributed by atoms with Crippen LogP contribution in [0.2, 0.25) is 0 Å². The minimum atomic E-state index is -3.58. The van der Waals surface area contributed by atoms with Gasteiger partial charge in [0.05, 0.1) is 10.0 Å². The Morgan fingerprint density at radius 2 is 1.46 bits per heavy atom. The first kappa shape index (κ1) is 23.5. The van der Waals surface area contributed by atoms with Gasteiger partial charge in [-0.3, -0.25) is 0 Å². The van der Waals surface area contributed by atoms with Crippen molar-refractivity contribution in [3.8, 4) is 11.1 Å². The van der Waals surface area contributed by atoms with Crippen LogP contribution in [0.5, 0.6) is 0 Å². The molecule has 152 valence electrons. The first-order valence-electron chi connectivity index (χ1n) is 9.03. The predicted molar refractivity (Wildman–Crippen MR) is 113 cm³/mol. The third-order valence-electron chi connectivity index (χ3n) is 5.37. The SMILES string of the molecule is [CH3-].[Cl][Ru+3].[NH-]C1CCCCC1[N-]S(=O)(=O)CC1c2ccccc2-c2ccccc21. The third kappa shape index (κ3) is 5.03. The summed E-state index contributed by atoms with van der Waals surface area (Å²) in [5.74, 6) is -0.182. The van der Waals surface area contributed by atoms with Crippen LogP contribution in [-0.4, -0.2) is 26.3 Å². The zero-order chi connectivity index (χ0) is 19.4. The molecule has 2 aliphatic rings. The Hall–Kier alpha value is -0.777. The summed E-state index contributed by atoms with van der Waals surface area (Å²) in [7, 11) is 0.991. The smallest absolute Gasteiger partial charge is 0.0732 e. The number of rotatable bonds is 4. The second-order valence-corrected chi connectivity index (χ2v) is 8.75. The van der Waals surface area contributed by atoms with E-state index in [1.807, 2.05) is 53.7 Å². The molecule has 2 atom stereocenters. The van der Waals surface area contributed by atoms with Gasteiger partial charge in [0, 0.05) is 11.7 Å². The van der Waals surface area contributed by atoms with Crippen molar-refractivity contribution in [2.75, 3.05) is 5.75 Å². The van der Waals surface area contributed by atoms with Gasteiger partial charge in [-0.25, -0.2) is 8.42 Å². The molecule has 0 aliphatic heterocycles. The van der Waals surface area contributed by atoms with Gasteiger partial charge < -0.3 is 17.9 Å². The summed E-state index contributed by atoms with van der Waals surface area (Å²) >= 11 is 1.82. The number of nitrogens with one attached hydrogen (secondary N) is 1. The maximum atomic E-state index is 12.8. The van der Waals surface area contributed by atoms with E-state index >= 15 is 0 Å². The van der Waals surface area contributed by atoms with Crippen LogP contribution >= 0.6 is 9.69 Å². The molecule has 2 unspecified atom stereocenters. The Kier molecular flexibility index (Phi) is 8.66. The molecule has 2 aliphatic carbocycles. The van der Waals surface area contributed by atoms with Crippen molar-refractivity contribution in [3.05, 3.63) is 77.5 Å². The molecule has 1 saturated carbocycles. The largest absolute Gasteiger partial charge is 0.676 e. The first-order valence-corrected chi connectivity index (χ1v) is 12.9. The Labute approximate surface area is 183 Å². The van der Waals surface area contributed by atoms with E-state index in [-0.39, 0.29) is 31.2 Å². The molecule has 0 amide bonds. The van der Waals surface area contributed by atoms with Crippen molar-refractivity contribution in [2.24, 2.45) is 0 Å². The van der Waals surface area contributed by atoms with Crippen molar-refractivity contribution in [1.82, 2.24) is 0 Å². The van der Waals surface area contributed by atoms with Gasteiger partial charge in [-0.1, -0.05) is 74.2 Å². The van der Waals surface area contributed by atoms with Crippen molar-refractivity contribution in [1.29, 1.82) is 0 Å². The molecule has 4 rings (SSSR count). The second kappa shape index (κ2) is 10.3. The zero-order valence-electron chi connectivity index (χ0n) is 15.8. The van der Waals surface area contributed by atoms with E-state index in [0.29, 0.717) is 6.42 Å². The Balaban J connectivity index is 0.000000906. The monoisotopic (exact) mass is 506 g/mol. The van der Waals surface area contributed by atoms with E-state index in [4.69, 9.17) is 5.73 Å². The van der Waals surface area contributed by atoms with Crippen LogP contribution in [-0.2, 0) is 27.3 Å². The van der Waals surface area contributed by atoms with E-state index in [0.717, 1.165) is 41.5 Å². The summed E-state index contributed by atoms with van der Waals surface area (Å²) in [6, 6.07) is 15.3. The van der Waals surface area contributed by atoms with Gasteiger partial charge >= 0.3 is 27.0 Å². The van der Waals surface area contributed by atoms with Gasteiger partial charge in [0.2, 0.25) is 0 Å². The molecule has 0 aromatic heterocycles. The number of benzene rings is 2. The fourth-order valence-corrected chi connectivity index (χ4v) is 5.67. The average molecular weight is 506 g/mol. The van der Waals surface area contributed by atoms with Gasteiger partial charge in [0.1, 0.15) is 0 Å². The summed E-state index contributed by atoms with van der Waals surface area (Å²) in [6.45, 7) is 0. The van der Waals surface area contributed by atoms with Crippen molar-refractivity contribution >= 4 is 19.7 Å². The third-order valence-corrected chi connectivity index (χ3v) is 6.71. The predicted octanol–water partition coefficient (Wildman–Crippen LogP) is 6.00. The fourth-order valence-electron chi connectivity index (χ4n) is 4.14. The summed E-state index contributed by atoms with van der Waals surface area (Å²) in [5, 5.41) is 0. The van der Waals surface area contributed by atoms with E-state index < -0.39 is 10.0 Å². The average Bonchev–Trinajstić information content (AvgIpc) is 2.99. The van der Waals surface area contributed by atoms with Crippen LogP contribution in [0.3, 0.4) is 0 Å². The molecule has 2 aromatic rings. The number of nitrogens with zero attached hydrogens (tertiary/aromatic N) is 1. The summed E-state index contributed by atoms with van der Waals surface area (Å²) in [6.07, 6.45) is 3.43. The van der Waals surface area contributed by atoms with Crippen LogP contribution in [0.25, 0.3) is 21.6 Å². The van der Waals surface area contributed by atoms with Gasteiger partial charge in [-0.2, -0.15) is 6.04 Å². The van der Waals surface area contributed by atoms with Crippen LogP contribution < -0.4 is 0 Å². The molecule has 0 bridgehead atoms. The summed E-state index contributed by atoms with van der Waals surface area (Å²) in [4.78, 5) is 0. The number of sulfonamides is 1. The quantitative estimate of drug-likeness (QED) is 0.377. The maximum absolute atomic E-state index is 12.8. The molecule has 7 heteroatoms. The Morgan fingerprint density at radius 3 is 2.00 bits per heavy atom. The number of hydrogen-bond acceptors (Lipinski definition) is 2. The van der Waals surface area contributed by atoms with E-state index in [1.165, 1.54) is 0 Å². The second-order valence-electron chi connectivity index (χ2n) is 7.04. The van der Waals surface area contributed by atoms with Gasteiger partial charge in [-0.15, -0.1) is 6.04 Å². The summed E-state index contributed by atoms with van der Waals surface area (Å²) in [5.41, 5.74) is 12.4. The molecule has 0 saturated heterocycles. The minimum absolute atomic E-state index is 0. The molecular weight excluding hydrogens is 481 g/mol. The topological polar surface area (TPSA) is 72.0 Å². The molecule has 2 aromatic carbocycles. The number of fused-ring (bicyclic) bond motifs is 3. The van der Waals surface area contributed by atoms with E-state index in [2.05, 4.69) is 26.5 Å². The molecule has 1 fully saturated rings. The maximum Gasteiger partial charge on any atom is 0.0732 e. The number of halogens is 1. The van der Waals surface area contributed by atoms with Crippen LogP contribution in [0.4, 0.5) is 0 Å². The molecule has 0 radical (unpaired) electrons. The summed E-state index contributed by atoms with van der Waals surface area (Å²) < 4.78 is 29.7. The molecule has 28 heavy (non-hydrogen) atoms. The first-order chi connectivity index (χ1) is 13.1. The Morgan fingerprint density at radius 1 is 0.964 bits per heavy atom. The standard InChI is InChI=1S/C20H22N2O2S.CH3.ClH.Ru/c21-19-11-5-6-12-20(19)22-25(23,24)13-18-16-9-3-1-7-14(16)15-8-2-4-10-17(15)18;;;/h1-4,7-10,18-21H,5-6,11-13H2;1H3;1H;/q-2;-1;;+4/p-1. The molecular formula is C21H25ClN2O2RuS. The van der Waals surface area contributed by atoms with Crippen LogP contribution in [0, 0.1) is 7.43 Å². The normalized spacial score (nSPS) is 20.9. The van der Waals surface area contributed by atoms with E-state index in [1.54, 1.807) is 0 Å². The van der Waals surface area contributed by atoms with Crippen molar-refractivity contribution in [2.45, 2.75) is 43.7 Å². The van der Waals surface area contributed by atoms with Crippen molar-refractivity contribution in [3.63, 3.8) is 0 Å². The van der Waals surface area contributed by atoms with Crippen LogP contribution in [0.15, 0.2) is 48.5 Å². The van der Waals surface area contributed by atoms with Gasteiger partial charge in [0.25, 0.3) is 0 Å². The molecule has 0 spiro atoms. The van der Waals surface area contributed by atoms with E-state index in [9.17, 15) is 8.42 Å². The van der Waals surface area contributed by atoms with Crippen LogP contribution in [0.1, 0.15) is 42.7 Å². The fraction of sp³-hybridized carbons (Fsp3) is 0.381. The Bertz CT molecular complexity index is 846. The molecule has 4 nitrogen and oxygen atoms in total. The van der Waals surface area contributed by atoms with Gasteiger partial charge in [0.15, 0.2) is 0 Å². The molecule has 0 heterocycles. The number of hydrogen-bond donors (Lipinski definition) is 0.